The normalized spacial score (nSPS) is 9.14. The fourth-order valence-electron chi connectivity index (χ4n) is 1.00. The van der Waals surface area contributed by atoms with Crippen molar-refractivity contribution in [3.63, 3.8) is 0 Å². The highest BCUT2D eigenvalue weighted by atomic mass is 16.5. The Balaban J connectivity index is 3.33. The SMILES string of the molecule is C=C(C#N)C(=O)OCCCCCCC. The lowest BCUT2D eigenvalue weighted by Gasteiger charge is -2.02. The lowest BCUT2D eigenvalue weighted by Crippen LogP contribution is -2.06. The van der Waals surface area contributed by atoms with Gasteiger partial charge in [-0.25, -0.2) is 4.79 Å². The summed E-state index contributed by atoms with van der Waals surface area (Å²) in [4.78, 5) is 10.9. The van der Waals surface area contributed by atoms with E-state index in [-0.39, 0.29) is 5.57 Å². The molecule has 0 fully saturated rings. The van der Waals surface area contributed by atoms with Gasteiger partial charge in [0.15, 0.2) is 0 Å². The Morgan fingerprint density at radius 1 is 1.36 bits per heavy atom. The van der Waals surface area contributed by atoms with Gasteiger partial charge in [-0.1, -0.05) is 39.2 Å². The third-order valence-corrected chi connectivity index (χ3v) is 1.86. The Kier molecular flexibility index (Phi) is 7.53. The molecule has 0 unspecified atom stereocenters. The van der Waals surface area contributed by atoms with Crippen LogP contribution in [0, 0.1) is 11.3 Å². The number of hydrogen-bond donors (Lipinski definition) is 0. The lowest BCUT2D eigenvalue weighted by atomic mass is 10.2. The average Bonchev–Trinajstić information content (AvgIpc) is 2.21. The predicted octanol–water partition coefficient (Wildman–Crippen LogP) is 2.58. The first-order valence-corrected chi connectivity index (χ1v) is 4.98. The van der Waals surface area contributed by atoms with Crippen LogP contribution in [-0.4, -0.2) is 12.6 Å². The number of carbonyl (C=O) groups is 1. The van der Waals surface area contributed by atoms with Crippen LogP contribution in [0.1, 0.15) is 39.0 Å². The molecule has 0 heterocycles. The molecule has 0 rings (SSSR count). The van der Waals surface area contributed by atoms with Crippen LogP contribution in [0.25, 0.3) is 0 Å². The fraction of sp³-hybridized carbons (Fsp3) is 0.636. The van der Waals surface area contributed by atoms with Gasteiger partial charge in [-0.3, -0.25) is 0 Å². The zero-order valence-corrected chi connectivity index (χ0v) is 8.71. The topological polar surface area (TPSA) is 50.1 Å². The molecule has 14 heavy (non-hydrogen) atoms. The van der Waals surface area contributed by atoms with E-state index in [1.807, 2.05) is 0 Å². The van der Waals surface area contributed by atoms with E-state index in [9.17, 15) is 4.79 Å². The molecule has 0 aromatic carbocycles. The van der Waals surface area contributed by atoms with Crippen molar-refractivity contribution in [3.05, 3.63) is 12.2 Å². The van der Waals surface area contributed by atoms with E-state index in [0.717, 1.165) is 12.8 Å². The van der Waals surface area contributed by atoms with Crippen LogP contribution >= 0.6 is 0 Å². The van der Waals surface area contributed by atoms with Gasteiger partial charge in [0.05, 0.1) is 6.61 Å². The minimum atomic E-state index is -0.594. The van der Waals surface area contributed by atoms with E-state index >= 15 is 0 Å². The van der Waals surface area contributed by atoms with Crippen molar-refractivity contribution < 1.29 is 9.53 Å². The van der Waals surface area contributed by atoms with Gasteiger partial charge in [0, 0.05) is 0 Å². The van der Waals surface area contributed by atoms with E-state index in [0.29, 0.717) is 6.61 Å². The first kappa shape index (κ1) is 12.7. The van der Waals surface area contributed by atoms with Crippen molar-refractivity contribution in [2.45, 2.75) is 39.0 Å². The van der Waals surface area contributed by atoms with Crippen LogP contribution in [0.3, 0.4) is 0 Å². The standard InChI is InChI=1S/C11H17NO2/c1-3-4-5-6-7-8-14-11(13)10(2)9-12/h2-8H2,1H3. The Morgan fingerprint density at radius 2 is 2.00 bits per heavy atom. The molecule has 0 radical (unpaired) electrons. The van der Waals surface area contributed by atoms with Gasteiger partial charge in [-0.2, -0.15) is 5.26 Å². The van der Waals surface area contributed by atoms with E-state index in [2.05, 4.69) is 13.5 Å². The third-order valence-electron chi connectivity index (χ3n) is 1.86. The van der Waals surface area contributed by atoms with Gasteiger partial charge < -0.3 is 4.74 Å². The molecule has 0 aliphatic rings. The van der Waals surface area contributed by atoms with Gasteiger partial charge in [0.2, 0.25) is 0 Å². The van der Waals surface area contributed by atoms with Crippen molar-refractivity contribution in [1.29, 1.82) is 5.26 Å². The monoisotopic (exact) mass is 195 g/mol. The number of rotatable bonds is 7. The predicted molar refractivity (Wildman–Crippen MR) is 54.5 cm³/mol. The maximum absolute atomic E-state index is 10.9. The number of nitrogens with zero attached hydrogens (tertiary/aromatic N) is 1. The highest BCUT2D eigenvalue weighted by Crippen LogP contribution is 2.03. The van der Waals surface area contributed by atoms with Crippen molar-refractivity contribution in [3.8, 4) is 6.07 Å². The summed E-state index contributed by atoms with van der Waals surface area (Å²) < 4.78 is 4.81. The van der Waals surface area contributed by atoms with Crippen LogP contribution < -0.4 is 0 Å². The Labute approximate surface area is 85.4 Å². The quantitative estimate of drug-likeness (QED) is 0.271. The van der Waals surface area contributed by atoms with E-state index < -0.39 is 5.97 Å². The second-order valence-corrected chi connectivity index (χ2v) is 3.14. The number of hydrogen-bond acceptors (Lipinski definition) is 3. The summed E-state index contributed by atoms with van der Waals surface area (Å²) in [7, 11) is 0. The molecule has 0 spiro atoms. The molecule has 0 saturated carbocycles. The number of ether oxygens (including phenoxy) is 1. The van der Waals surface area contributed by atoms with Gasteiger partial charge in [-0.05, 0) is 6.42 Å². The van der Waals surface area contributed by atoms with Crippen molar-refractivity contribution >= 4 is 5.97 Å². The maximum Gasteiger partial charge on any atom is 0.348 e. The van der Waals surface area contributed by atoms with Crippen LogP contribution in [0.2, 0.25) is 0 Å². The van der Waals surface area contributed by atoms with Gasteiger partial charge in [-0.15, -0.1) is 0 Å². The fourth-order valence-corrected chi connectivity index (χ4v) is 1.00. The first-order valence-electron chi connectivity index (χ1n) is 4.98. The van der Waals surface area contributed by atoms with Gasteiger partial charge >= 0.3 is 5.97 Å². The maximum atomic E-state index is 10.9. The van der Waals surface area contributed by atoms with Crippen LogP contribution in [0.4, 0.5) is 0 Å². The summed E-state index contributed by atoms with van der Waals surface area (Å²) in [6.07, 6.45) is 5.53. The largest absolute Gasteiger partial charge is 0.462 e. The molecule has 0 saturated heterocycles. The molecule has 3 nitrogen and oxygen atoms in total. The number of carbonyl (C=O) groups excluding carboxylic acids is 1. The van der Waals surface area contributed by atoms with Crippen molar-refractivity contribution in [2.75, 3.05) is 6.61 Å². The Morgan fingerprint density at radius 3 is 2.57 bits per heavy atom. The zero-order chi connectivity index (χ0) is 10.8. The Bertz CT molecular complexity index is 228. The summed E-state index contributed by atoms with van der Waals surface area (Å²) in [5, 5.41) is 8.33. The van der Waals surface area contributed by atoms with Crippen molar-refractivity contribution in [2.24, 2.45) is 0 Å². The molecule has 0 aromatic rings. The second kappa shape index (κ2) is 8.31. The lowest BCUT2D eigenvalue weighted by molar-refractivity contribution is -0.138. The molecular formula is C11H17NO2. The molecule has 3 heteroatoms. The number of esters is 1. The number of nitriles is 1. The molecule has 0 atom stereocenters. The summed E-state index contributed by atoms with van der Waals surface area (Å²) >= 11 is 0. The first-order chi connectivity index (χ1) is 6.72. The van der Waals surface area contributed by atoms with Gasteiger partial charge in [0.25, 0.3) is 0 Å². The highest BCUT2D eigenvalue weighted by Gasteiger charge is 2.05. The van der Waals surface area contributed by atoms with E-state index in [1.165, 1.54) is 19.3 Å². The highest BCUT2D eigenvalue weighted by molar-refractivity contribution is 5.91. The summed E-state index contributed by atoms with van der Waals surface area (Å²) in [6, 6.07) is 1.66. The second-order valence-electron chi connectivity index (χ2n) is 3.14. The molecule has 0 aliphatic carbocycles. The molecule has 0 amide bonds. The molecule has 0 bridgehead atoms. The van der Waals surface area contributed by atoms with Crippen LogP contribution in [0.5, 0.6) is 0 Å². The molecular weight excluding hydrogens is 178 g/mol. The third kappa shape index (κ3) is 6.24. The molecule has 0 N–H and O–H groups in total. The minimum absolute atomic E-state index is 0.126. The van der Waals surface area contributed by atoms with E-state index in [1.54, 1.807) is 6.07 Å². The summed E-state index contributed by atoms with van der Waals surface area (Å²) in [5.41, 5.74) is -0.126. The zero-order valence-electron chi connectivity index (χ0n) is 8.71. The summed E-state index contributed by atoms with van der Waals surface area (Å²) in [5.74, 6) is -0.594. The smallest absolute Gasteiger partial charge is 0.348 e. The Hall–Kier alpha value is -1.30. The van der Waals surface area contributed by atoms with Crippen LogP contribution in [-0.2, 0) is 9.53 Å². The van der Waals surface area contributed by atoms with Crippen molar-refractivity contribution in [1.82, 2.24) is 0 Å². The molecule has 0 aliphatic heterocycles. The molecule has 78 valence electrons. The van der Waals surface area contributed by atoms with E-state index in [4.69, 9.17) is 10.00 Å². The van der Waals surface area contributed by atoms with Gasteiger partial charge in [0.1, 0.15) is 11.6 Å². The number of unbranched alkanes of at least 4 members (excludes halogenated alkanes) is 4. The summed E-state index contributed by atoms with van der Waals surface area (Å²) in [6.45, 7) is 5.81. The van der Waals surface area contributed by atoms with Crippen LogP contribution in [0.15, 0.2) is 12.2 Å². The average molecular weight is 195 g/mol. The molecule has 0 aromatic heterocycles. The minimum Gasteiger partial charge on any atom is -0.462 e.